The van der Waals surface area contributed by atoms with Crippen LogP contribution in [0.4, 0.5) is 0 Å². The van der Waals surface area contributed by atoms with E-state index in [1.165, 1.54) is 38.8 Å². The van der Waals surface area contributed by atoms with Gasteiger partial charge in [-0.2, -0.15) is 0 Å². The van der Waals surface area contributed by atoms with E-state index >= 15 is 0 Å². The van der Waals surface area contributed by atoms with Gasteiger partial charge in [-0.15, -0.1) is 0 Å². The van der Waals surface area contributed by atoms with Gasteiger partial charge in [-0.3, -0.25) is 0 Å². The summed E-state index contributed by atoms with van der Waals surface area (Å²) in [6, 6.07) is 9.27. The number of hydrogen-bond donors (Lipinski definition) is 1. The topological polar surface area (TPSA) is 33.7 Å². The van der Waals surface area contributed by atoms with Gasteiger partial charge in [0.1, 0.15) is 6.61 Å². The molecular weight excluding hydrogens is 491 g/mol. The molecule has 0 aromatic heterocycles. The number of benzene rings is 2. The lowest BCUT2D eigenvalue weighted by atomic mass is 10.2. The van der Waals surface area contributed by atoms with Crippen molar-refractivity contribution in [1.82, 2.24) is 10.2 Å². The Labute approximate surface area is 220 Å². The molecule has 0 amide bonds. The molecule has 0 saturated carbocycles. The Hall–Kier alpha value is -1.17. The molecule has 1 N–H and O–H groups in total. The molecule has 0 saturated heterocycles. The van der Waals surface area contributed by atoms with Crippen LogP contribution < -0.4 is 14.8 Å². The summed E-state index contributed by atoms with van der Waals surface area (Å²) in [5, 5.41) is 5.22. The first-order valence-corrected chi connectivity index (χ1v) is 13.6. The number of unbranched alkanes of at least 4 members (excludes halogenated alkanes) is 2. The second-order valence-corrected chi connectivity index (χ2v) is 9.69. The van der Waals surface area contributed by atoms with Gasteiger partial charge in [0, 0.05) is 22.2 Å². The average molecular weight is 530 g/mol. The Morgan fingerprint density at radius 2 is 1.53 bits per heavy atom. The molecule has 0 heterocycles. The minimum absolute atomic E-state index is 0.278. The highest BCUT2D eigenvalue weighted by molar-refractivity contribution is 6.35. The van der Waals surface area contributed by atoms with E-state index in [0.29, 0.717) is 33.2 Å². The average Bonchev–Trinajstić information content (AvgIpc) is 2.81. The maximum atomic E-state index is 6.59. The third kappa shape index (κ3) is 10.2. The second-order valence-electron chi connectivity index (χ2n) is 8.44. The van der Waals surface area contributed by atoms with Crippen LogP contribution in [0, 0.1) is 0 Å². The summed E-state index contributed by atoms with van der Waals surface area (Å²) in [5.41, 5.74) is 1.90. The van der Waals surface area contributed by atoms with Crippen molar-refractivity contribution in [3.63, 3.8) is 0 Å². The fraction of sp³-hybridized carbons (Fsp3) is 0.556. The van der Waals surface area contributed by atoms with Crippen LogP contribution in [0.2, 0.25) is 15.1 Å². The van der Waals surface area contributed by atoms with E-state index in [0.717, 1.165) is 37.2 Å². The van der Waals surface area contributed by atoms with Crippen LogP contribution >= 0.6 is 34.8 Å². The fourth-order valence-electron chi connectivity index (χ4n) is 3.67. The normalized spacial score (nSPS) is 11.3. The monoisotopic (exact) mass is 528 g/mol. The molecule has 2 aromatic rings. The first-order valence-electron chi connectivity index (χ1n) is 12.4. The van der Waals surface area contributed by atoms with Gasteiger partial charge in [0.2, 0.25) is 0 Å². The van der Waals surface area contributed by atoms with Crippen molar-refractivity contribution >= 4 is 34.8 Å². The van der Waals surface area contributed by atoms with Crippen molar-refractivity contribution in [2.75, 3.05) is 32.8 Å². The summed E-state index contributed by atoms with van der Waals surface area (Å²) >= 11 is 18.8. The standard InChI is InChI=1S/C27H39Cl3N2O2/c1-4-7-13-32(14-8-5-2)15-9-12-31-19-21-16-25(30)27(26(17-21)33-6-3)34-20-22-10-11-23(28)18-24(22)29/h10-11,16-18,31H,4-9,12-15,19-20H2,1-3H3. The van der Waals surface area contributed by atoms with Crippen molar-refractivity contribution in [2.24, 2.45) is 0 Å². The lowest BCUT2D eigenvalue weighted by Gasteiger charge is -2.22. The van der Waals surface area contributed by atoms with Gasteiger partial charge in [-0.1, -0.05) is 67.6 Å². The van der Waals surface area contributed by atoms with E-state index in [2.05, 4.69) is 24.1 Å². The van der Waals surface area contributed by atoms with E-state index in [-0.39, 0.29) is 6.61 Å². The number of ether oxygens (including phenoxy) is 2. The Morgan fingerprint density at radius 3 is 2.18 bits per heavy atom. The third-order valence-corrected chi connectivity index (χ3v) is 6.44. The molecule has 0 bridgehead atoms. The van der Waals surface area contributed by atoms with E-state index in [1.807, 2.05) is 25.1 Å². The van der Waals surface area contributed by atoms with Crippen LogP contribution in [-0.2, 0) is 13.2 Å². The van der Waals surface area contributed by atoms with Crippen LogP contribution in [0.1, 0.15) is 64.0 Å². The molecule has 7 heteroatoms. The van der Waals surface area contributed by atoms with Crippen LogP contribution in [0.15, 0.2) is 30.3 Å². The van der Waals surface area contributed by atoms with Gasteiger partial charge in [-0.05, 0) is 82.2 Å². The molecular formula is C27H39Cl3N2O2. The highest BCUT2D eigenvalue weighted by Crippen LogP contribution is 2.37. The molecule has 0 aliphatic heterocycles. The quantitative estimate of drug-likeness (QED) is 0.210. The number of nitrogens with one attached hydrogen (secondary N) is 1. The van der Waals surface area contributed by atoms with Gasteiger partial charge in [-0.25, -0.2) is 0 Å². The van der Waals surface area contributed by atoms with E-state index in [9.17, 15) is 0 Å². The predicted octanol–water partition coefficient (Wildman–Crippen LogP) is 8.01. The van der Waals surface area contributed by atoms with Gasteiger partial charge in [0.05, 0.1) is 11.6 Å². The van der Waals surface area contributed by atoms with Gasteiger partial charge >= 0.3 is 0 Å². The van der Waals surface area contributed by atoms with Crippen molar-refractivity contribution in [1.29, 1.82) is 0 Å². The third-order valence-electron chi connectivity index (χ3n) is 5.57. The molecule has 0 radical (unpaired) electrons. The smallest absolute Gasteiger partial charge is 0.180 e. The van der Waals surface area contributed by atoms with Gasteiger partial charge in [0.15, 0.2) is 11.5 Å². The SMILES string of the molecule is CCCCN(CCCC)CCCNCc1cc(Cl)c(OCc2ccc(Cl)cc2Cl)c(OCC)c1. The molecule has 0 aliphatic carbocycles. The molecule has 34 heavy (non-hydrogen) atoms. The van der Waals surface area contributed by atoms with E-state index in [1.54, 1.807) is 12.1 Å². The molecule has 2 aromatic carbocycles. The zero-order chi connectivity index (χ0) is 24.8. The Balaban J connectivity index is 1.91. The number of hydrogen-bond acceptors (Lipinski definition) is 4. The Bertz CT molecular complexity index is 856. The van der Waals surface area contributed by atoms with Crippen molar-refractivity contribution in [2.45, 2.75) is 66.0 Å². The highest BCUT2D eigenvalue weighted by atomic mass is 35.5. The number of nitrogens with zero attached hydrogens (tertiary/aromatic N) is 1. The molecule has 0 aliphatic rings. The second kappa shape index (κ2) is 16.5. The van der Waals surface area contributed by atoms with Crippen LogP contribution in [0.25, 0.3) is 0 Å². The first-order chi connectivity index (χ1) is 16.5. The molecule has 2 rings (SSSR count). The number of rotatable bonds is 17. The zero-order valence-electron chi connectivity index (χ0n) is 20.8. The Morgan fingerprint density at radius 1 is 0.824 bits per heavy atom. The van der Waals surface area contributed by atoms with Crippen LogP contribution in [0.3, 0.4) is 0 Å². The summed E-state index contributed by atoms with van der Waals surface area (Å²) < 4.78 is 11.8. The highest BCUT2D eigenvalue weighted by Gasteiger charge is 2.14. The lowest BCUT2D eigenvalue weighted by Crippen LogP contribution is -2.29. The summed E-state index contributed by atoms with van der Waals surface area (Å²) in [6.45, 7) is 12.5. The minimum Gasteiger partial charge on any atom is -0.490 e. The summed E-state index contributed by atoms with van der Waals surface area (Å²) in [7, 11) is 0. The van der Waals surface area contributed by atoms with Crippen molar-refractivity contribution in [3.8, 4) is 11.5 Å². The maximum Gasteiger partial charge on any atom is 0.180 e. The largest absolute Gasteiger partial charge is 0.490 e. The minimum atomic E-state index is 0.278. The number of halogens is 3. The molecule has 4 nitrogen and oxygen atoms in total. The zero-order valence-corrected chi connectivity index (χ0v) is 23.0. The predicted molar refractivity (Wildman–Crippen MR) is 146 cm³/mol. The first kappa shape index (κ1) is 29.1. The fourth-order valence-corrected chi connectivity index (χ4v) is 4.43. The van der Waals surface area contributed by atoms with Crippen molar-refractivity contribution in [3.05, 3.63) is 56.5 Å². The summed E-state index contributed by atoms with van der Waals surface area (Å²) in [6.07, 6.45) is 6.16. The van der Waals surface area contributed by atoms with Crippen molar-refractivity contribution < 1.29 is 9.47 Å². The van der Waals surface area contributed by atoms with Gasteiger partial charge < -0.3 is 19.7 Å². The molecule has 0 fully saturated rings. The molecule has 0 unspecified atom stereocenters. The van der Waals surface area contributed by atoms with E-state index in [4.69, 9.17) is 44.3 Å². The van der Waals surface area contributed by atoms with Crippen LogP contribution in [-0.4, -0.2) is 37.7 Å². The van der Waals surface area contributed by atoms with E-state index < -0.39 is 0 Å². The Kier molecular flexibility index (Phi) is 14.1. The molecule has 190 valence electrons. The van der Waals surface area contributed by atoms with Crippen LogP contribution in [0.5, 0.6) is 11.5 Å². The lowest BCUT2D eigenvalue weighted by molar-refractivity contribution is 0.261. The van der Waals surface area contributed by atoms with Gasteiger partial charge in [0.25, 0.3) is 0 Å². The molecule has 0 atom stereocenters. The molecule has 0 spiro atoms. The summed E-state index contributed by atoms with van der Waals surface area (Å²) in [5.74, 6) is 1.17. The summed E-state index contributed by atoms with van der Waals surface area (Å²) in [4.78, 5) is 2.60. The maximum absolute atomic E-state index is 6.59.